The number of halogens is 1. The molecule has 0 saturated carbocycles. The van der Waals surface area contributed by atoms with Crippen LogP contribution in [0.5, 0.6) is 0 Å². The lowest BCUT2D eigenvalue weighted by Gasteiger charge is -2.05. The number of thiophene rings is 1. The van der Waals surface area contributed by atoms with E-state index in [4.69, 9.17) is 4.74 Å². The Morgan fingerprint density at radius 3 is 2.90 bits per heavy atom. The third-order valence-corrected chi connectivity index (χ3v) is 6.70. The first kappa shape index (κ1) is 21.2. The van der Waals surface area contributed by atoms with Gasteiger partial charge in [0.2, 0.25) is 0 Å². The van der Waals surface area contributed by atoms with Crippen molar-refractivity contribution in [2.24, 2.45) is 0 Å². The number of nitriles is 1. The first-order valence-electron chi connectivity index (χ1n) is 8.80. The van der Waals surface area contributed by atoms with E-state index in [-0.39, 0.29) is 5.97 Å². The minimum absolute atomic E-state index is 0.309. The summed E-state index contributed by atoms with van der Waals surface area (Å²) in [5.74, 6) is -0.366. The van der Waals surface area contributed by atoms with Gasteiger partial charge in [0.25, 0.3) is 0 Å². The number of anilines is 1. The third kappa shape index (κ3) is 4.75. The molecule has 0 aliphatic carbocycles. The fourth-order valence-corrected chi connectivity index (χ4v) is 4.85. The second-order valence-corrected chi connectivity index (χ2v) is 9.07. The molecule has 2 aromatic heterocycles. The number of ether oxygens (including phenoxy) is 1. The number of hydrogen-bond donors (Lipinski definition) is 1. The van der Waals surface area contributed by atoms with Gasteiger partial charge in [-0.2, -0.15) is 5.26 Å². The molecule has 0 bridgehead atoms. The Balaban J connectivity index is 1.88. The van der Waals surface area contributed by atoms with E-state index < -0.39 is 0 Å². The lowest BCUT2D eigenvalue weighted by Crippen LogP contribution is -2.07. The molecule has 3 rings (SSSR count). The highest BCUT2D eigenvalue weighted by Crippen LogP contribution is 2.34. The number of aryl methyl sites for hydroxylation is 1. The summed E-state index contributed by atoms with van der Waals surface area (Å²) < 4.78 is 6.14. The molecule has 0 atom stereocenters. The minimum atomic E-state index is -0.366. The molecule has 1 aromatic carbocycles. The highest BCUT2D eigenvalue weighted by Gasteiger charge is 2.20. The van der Waals surface area contributed by atoms with Crippen LogP contribution in [0.25, 0.3) is 16.8 Å². The van der Waals surface area contributed by atoms with Crippen molar-refractivity contribution >= 4 is 55.1 Å². The van der Waals surface area contributed by atoms with Crippen molar-refractivity contribution < 1.29 is 9.53 Å². The van der Waals surface area contributed by atoms with Crippen LogP contribution in [0.1, 0.15) is 32.7 Å². The number of nitrogens with zero attached hydrogens (tertiary/aromatic N) is 2. The average Bonchev–Trinajstić information content (AvgIpc) is 3.28. The maximum atomic E-state index is 12.3. The summed E-state index contributed by atoms with van der Waals surface area (Å²) >= 11 is 6.32. The van der Waals surface area contributed by atoms with Gasteiger partial charge in [-0.25, -0.2) is 9.78 Å². The molecule has 0 unspecified atom stereocenters. The number of allylic oxidation sites excluding steroid dienone is 1. The van der Waals surface area contributed by atoms with Gasteiger partial charge in [-0.05, 0) is 38.5 Å². The van der Waals surface area contributed by atoms with E-state index >= 15 is 0 Å². The first-order chi connectivity index (χ1) is 13.9. The number of benzene rings is 1. The van der Waals surface area contributed by atoms with Gasteiger partial charge in [0.15, 0.2) is 0 Å². The van der Waals surface area contributed by atoms with Crippen LogP contribution in [0, 0.1) is 25.2 Å². The van der Waals surface area contributed by atoms with Crippen molar-refractivity contribution in [2.75, 3.05) is 11.9 Å². The number of esters is 1. The summed E-state index contributed by atoms with van der Waals surface area (Å²) in [6, 6.07) is 10.0. The van der Waals surface area contributed by atoms with Crippen molar-refractivity contribution in [1.29, 1.82) is 5.26 Å². The number of aromatic nitrogens is 1. The molecule has 0 fully saturated rings. The first-order valence-corrected chi connectivity index (χ1v) is 11.3. The molecule has 0 radical (unpaired) electrons. The summed E-state index contributed by atoms with van der Waals surface area (Å²) in [5, 5.41) is 15.9. The number of nitrogens with one attached hydrogen (secondary N) is 1. The lowest BCUT2D eigenvalue weighted by atomic mass is 10.1. The van der Waals surface area contributed by atoms with Gasteiger partial charge in [-0.1, -0.05) is 28.1 Å². The summed E-state index contributed by atoms with van der Waals surface area (Å²) in [6.07, 6.45) is 1.59. The van der Waals surface area contributed by atoms with Gasteiger partial charge >= 0.3 is 5.97 Å². The molecule has 148 valence electrons. The molecule has 0 saturated heterocycles. The van der Waals surface area contributed by atoms with E-state index in [0.717, 1.165) is 26.2 Å². The maximum Gasteiger partial charge on any atom is 0.341 e. The molecule has 0 aliphatic rings. The quantitative estimate of drug-likeness (QED) is 0.321. The fraction of sp³-hybridized carbons (Fsp3) is 0.190. The van der Waals surface area contributed by atoms with Crippen molar-refractivity contribution in [3.05, 3.63) is 61.3 Å². The van der Waals surface area contributed by atoms with Gasteiger partial charge in [0.1, 0.15) is 21.7 Å². The second-order valence-electron chi connectivity index (χ2n) is 6.07. The van der Waals surface area contributed by atoms with Crippen molar-refractivity contribution in [1.82, 2.24) is 4.98 Å². The Labute approximate surface area is 185 Å². The third-order valence-electron chi connectivity index (χ3n) is 4.19. The topological polar surface area (TPSA) is 75.0 Å². The average molecular weight is 488 g/mol. The Bertz CT molecular complexity index is 1130. The number of carbonyl (C=O) groups excluding carboxylic acids is 1. The molecule has 0 aliphatic heterocycles. The maximum absolute atomic E-state index is 12.3. The van der Waals surface area contributed by atoms with Crippen LogP contribution < -0.4 is 5.32 Å². The molecule has 5 nitrogen and oxygen atoms in total. The van der Waals surface area contributed by atoms with Crippen LogP contribution in [-0.2, 0) is 4.74 Å². The predicted octanol–water partition coefficient (Wildman–Crippen LogP) is 6.40. The van der Waals surface area contributed by atoms with Crippen molar-refractivity contribution in [3.8, 4) is 17.3 Å². The van der Waals surface area contributed by atoms with Crippen LogP contribution in [-0.4, -0.2) is 17.6 Å². The number of carbonyl (C=O) groups is 1. The van der Waals surface area contributed by atoms with Gasteiger partial charge in [-0.15, -0.1) is 22.7 Å². The molecule has 2 heterocycles. The van der Waals surface area contributed by atoms with Gasteiger partial charge in [-0.3, -0.25) is 0 Å². The Kier molecular flexibility index (Phi) is 6.85. The zero-order valence-electron chi connectivity index (χ0n) is 16.1. The SMILES string of the molecule is CCOC(=O)c1c(N/C=C(\C#N)c2nc(-c3cccc(Br)c3)cs2)sc(C)c1C. The van der Waals surface area contributed by atoms with E-state index in [9.17, 15) is 10.1 Å². The van der Waals surface area contributed by atoms with Crippen LogP contribution in [0.4, 0.5) is 5.00 Å². The summed E-state index contributed by atoms with van der Waals surface area (Å²) in [5.41, 5.74) is 3.57. The normalized spacial score (nSPS) is 11.2. The zero-order valence-corrected chi connectivity index (χ0v) is 19.3. The van der Waals surface area contributed by atoms with Crippen molar-refractivity contribution in [2.45, 2.75) is 20.8 Å². The number of thiazole rings is 1. The van der Waals surface area contributed by atoms with E-state index in [1.54, 1.807) is 13.1 Å². The van der Waals surface area contributed by atoms with Crippen LogP contribution in [0.15, 0.2) is 40.3 Å². The van der Waals surface area contributed by atoms with E-state index in [2.05, 4.69) is 32.3 Å². The minimum Gasteiger partial charge on any atom is -0.462 e. The fourth-order valence-electron chi connectivity index (χ4n) is 2.64. The smallest absolute Gasteiger partial charge is 0.341 e. The predicted molar refractivity (Wildman–Crippen MR) is 122 cm³/mol. The standard InChI is InChI=1S/C21H18BrN3O2S2/c1-4-27-21(26)18-12(2)13(3)29-20(18)24-10-15(9-23)19-25-17(11-28-19)14-6-5-7-16(22)8-14/h5-8,10-11,24H,4H2,1-3H3/b15-10+. The molecule has 3 aromatic rings. The molecule has 8 heteroatoms. The van der Waals surface area contributed by atoms with Gasteiger partial charge in [0, 0.05) is 26.5 Å². The zero-order chi connectivity index (χ0) is 21.0. The molecule has 1 N–H and O–H groups in total. The lowest BCUT2D eigenvalue weighted by molar-refractivity contribution is 0.0527. The molecular weight excluding hydrogens is 470 g/mol. The van der Waals surface area contributed by atoms with Gasteiger partial charge < -0.3 is 10.1 Å². The largest absolute Gasteiger partial charge is 0.462 e. The van der Waals surface area contributed by atoms with E-state index in [1.165, 1.54) is 22.7 Å². The van der Waals surface area contributed by atoms with Crippen LogP contribution in [0.3, 0.4) is 0 Å². The second kappa shape index (κ2) is 9.35. The summed E-state index contributed by atoms with van der Waals surface area (Å²) in [4.78, 5) is 17.9. The van der Waals surface area contributed by atoms with Crippen LogP contribution in [0.2, 0.25) is 0 Å². The Hall–Kier alpha value is -2.47. The molecule has 0 amide bonds. The number of hydrogen-bond acceptors (Lipinski definition) is 7. The van der Waals surface area contributed by atoms with Gasteiger partial charge in [0.05, 0.1) is 17.9 Å². The molecule has 0 spiro atoms. The van der Waals surface area contributed by atoms with Crippen LogP contribution >= 0.6 is 38.6 Å². The van der Waals surface area contributed by atoms with Crippen molar-refractivity contribution in [3.63, 3.8) is 0 Å². The number of rotatable bonds is 6. The summed E-state index contributed by atoms with van der Waals surface area (Å²) in [6.45, 7) is 5.93. The molecule has 29 heavy (non-hydrogen) atoms. The Morgan fingerprint density at radius 1 is 1.41 bits per heavy atom. The van der Waals surface area contributed by atoms with E-state index in [0.29, 0.717) is 27.8 Å². The van der Waals surface area contributed by atoms with E-state index in [1.807, 2.05) is 43.5 Å². The summed E-state index contributed by atoms with van der Waals surface area (Å²) in [7, 11) is 0. The Morgan fingerprint density at radius 2 is 2.21 bits per heavy atom. The highest BCUT2D eigenvalue weighted by molar-refractivity contribution is 9.10. The monoisotopic (exact) mass is 487 g/mol. The molecular formula is C21H18BrN3O2S2. The highest BCUT2D eigenvalue weighted by atomic mass is 79.9.